The second-order valence-corrected chi connectivity index (χ2v) is 12.1. The topological polar surface area (TPSA) is 61.3 Å². The maximum atomic E-state index is 13.1. The molecule has 1 aliphatic rings. The average molecular weight is 497 g/mol. The van der Waals surface area contributed by atoms with Crippen LogP contribution in [0.1, 0.15) is 77.0 Å². The third-order valence-corrected chi connectivity index (χ3v) is 6.95. The van der Waals surface area contributed by atoms with Gasteiger partial charge in [-0.1, -0.05) is 26.8 Å². The molecule has 0 unspecified atom stereocenters. The molecular formula is C32H36N2O3. The van der Waals surface area contributed by atoms with Crippen LogP contribution in [-0.2, 0) is 21.4 Å². The summed E-state index contributed by atoms with van der Waals surface area (Å²) < 4.78 is 12.4. The van der Waals surface area contributed by atoms with E-state index in [4.69, 9.17) is 19.4 Å². The molecule has 0 spiro atoms. The van der Waals surface area contributed by atoms with Crippen LogP contribution in [0, 0.1) is 6.92 Å². The predicted octanol–water partition coefficient (Wildman–Crippen LogP) is 7.44. The average Bonchev–Trinajstić information content (AvgIpc) is 2.81. The van der Waals surface area contributed by atoms with Gasteiger partial charge >= 0.3 is 0 Å². The number of hydrogen-bond acceptors (Lipinski definition) is 5. The minimum Gasteiger partial charge on any atom is -0.493 e. The first-order valence-electron chi connectivity index (χ1n) is 13.0. The lowest BCUT2D eigenvalue weighted by Crippen LogP contribution is -2.27. The number of aryl methyl sites for hydroxylation is 1. The molecule has 5 nitrogen and oxygen atoms in total. The fourth-order valence-electron chi connectivity index (χ4n) is 5.27. The molecule has 2 aromatic carbocycles. The van der Waals surface area contributed by atoms with Gasteiger partial charge < -0.3 is 9.47 Å². The summed E-state index contributed by atoms with van der Waals surface area (Å²) in [5.74, 6) is 0.825. The van der Waals surface area contributed by atoms with Gasteiger partial charge in [0.2, 0.25) is 0 Å². The summed E-state index contributed by atoms with van der Waals surface area (Å²) in [7, 11) is 0. The van der Waals surface area contributed by atoms with Gasteiger partial charge in [-0.05, 0) is 87.2 Å². The molecule has 5 heteroatoms. The second-order valence-electron chi connectivity index (χ2n) is 12.1. The molecule has 0 saturated carbocycles. The molecule has 3 heterocycles. The lowest BCUT2D eigenvalue weighted by molar-refractivity contribution is -0.138. The maximum Gasteiger partial charge on any atom is 0.163 e. The molecule has 0 aliphatic carbocycles. The number of pyridine rings is 2. The number of aromatic nitrogens is 2. The lowest BCUT2D eigenvalue weighted by Gasteiger charge is -2.30. The minimum atomic E-state index is -0.719. The number of nitrogens with zero attached hydrogens (tertiary/aromatic N) is 2. The zero-order valence-electron chi connectivity index (χ0n) is 23.2. The number of rotatable bonds is 4. The van der Waals surface area contributed by atoms with Crippen LogP contribution in [0.25, 0.3) is 32.9 Å². The first-order valence-corrected chi connectivity index (χ1v) is 13.0. The predicted molar refractivity (Wildman–Crippen MR) is 149 cm³/mol. The Balaban J connectivity index is 1.91. The Morgan fingerprint density at radius 2 is 1.81 bits per heavy atom. The Kier molecular flexibility index (Phi) is 6.11. The van der Waals surface area contributed by atoms with E-state index < -0.39 is 11.7 Å². The zero-order chi connectivity index (χ0) is 26.7. The van der Waals surface area contributed by atoms with Crippen molar-refractivity contribution in [2.75, 3.05) is 6.61 Å². The molecule has 5 rings (SSSR count). The molecular weight excluding hydrogens is 460 g/mol. The second kappa shape index (κ2) is 8.91. The van der Waals surface area contributed by atoms with E-state index in [0.29, 0.717) is 6.61 Å². The van der Waals surface area contributed by atoms with Gasteiger partial charge in [-0.3, -0.25) is 14.8 Å². The van der Waals surface area contributed by atoms with E-state index in [1.54, 1.807) is 6.92 Å². The quantitative estimate of drug-likeness (QED) is 0.294. The van der Waals surface area contributed by atoms with E-state index in [2.05, 4.69) is 51.1 Å². The summed E-state index contributed by atoms with van der Waals surface area (Å²) in [6.07, 6.45) is 2.00. The highest BCUT2D eigenvalue weighted by Gasteiger charge is 2.31. The van der Waals surface area contributed by atoms with Gasteiger partial charge in [0.25, 0.3) is 0 Å². The normalized spacial score (nSPS) is 14.6. The largest absolute Gasteiger partial charge is 0.493 e. The highest BCUT2D eigenvalue weighted by Crippen LogP contribution is 2.45. The van der Waals surface area contributed by atoms with Crippen LogP contribution in [0.15, 0.2) is 42.6 Å². The molecule has 4 aromatic rings. The van der Waals surface area contributed by atoms with E-state index in [1.807, 2.05) is 40.0 Å². The highest BCUT2D eigenvalue weighted by molar-refractivity contribution is 6.08. The molecule has 0 N–H and O–H groups in total. The number of hydrogen-bond donors (Lipinski definition) is 0. The smallest absolute Gasteiger partial charge is 0.163 e. The van der Waals surface area contributed by atoms with Crippen LogP contribution in [-0.4, -0.2) is 28.0 Å². The van der Waals surface area contributed by atoms with Gasteiger partial charge in [0.1, 0.15) is 11.9 Å². The summed E-state index contributed by atoms with van der Waals surface area (Å²) in [4.78, 5) is 23.1. The van der Waals surface area contributed by atoms with Gasteiger partial charge in [0.05, 0.1) is 23.2 Å². The Labute approximate surface area is 219 Å². The Bertz CT molecular complexity index is 1530. The van der Waals surface area contributed by atoms with Crippen molar-refractivity contribution in [1.82, 2.24) is 9.97 Å². The Morgan fingerprint density at radius 1 is 1.05 bits per heavy atom. The van der Waals surface area contributed by atoms with Crippen molar-refractivity contribution in [1.29, 1.82) is 0 Å². The summed E-state index contributed by atoms with van der Waals surface area (Å²) in [5.41, 5.74) is 7.20. The van der Waals surface area contributed by atoms with Crippen LogP contribution in [0.2, 0.25) is 0 Å². The SMILES string of the molecule is CC(=O)[C@@H](OC(C)(C)C)c1c(C)cc2nc(C(C)(C)C)ccc2c1-c1ccc2c3c(ccnc13)CCO2. The van der Waals surface area contributed by atoms with Crippen LogP contribution in [0.3, 0.4) is 0 Å². The molecule has 0 radical (unpaired) electrons. The highest BCUT2D eigenvalue weighted by atomic mass is 16.5. The van der Waals surface area contributed by atoms with E-state index in [1.165, 1.54) is 5.56 Å². The van der Waals surface area contributed by atoms with Crippen LogP contribution >= 0.6 is 0 Å². The molecule has 0 bridgehead atoms. The first-order chi connectivity index (χ1) is 17.3. The van der Waals surface area contributed by atoms with E-state index in [9.17, 15) is 4.79 Å². The van der Waals surface area contributed by atoms with Crippen LogP contribution in [0.5, 0.6) is 5.75 Å². The van der Waals surface area contributed by atoms with Crippen molar-refractivity contribution in [3.05, 3.63) is 65.0 Å². The number of Topliss-reactive ketones (excluding diaryl/α,β-unsaturated/α-hetero) is 1. The molecule has 1 atom stereocenters. The van der Waals surface area contributed by atoms with Crippen molar-refractivity contribution in [2.45, 2.75) is 78.9 Å². The summed E-state index contributed by atoms with van der Waals surface area (Å²) in [6, 6.07) is 12.5. The van der Waals surface area contributed by atoms with Gasteiger partial charge in [0, 0.05) is 40.1 Å². The van der Waals surface area contributed by atoms with Gasteiger partial charge in [-0.25, -0.2) is 0 Å². The number of fused-ring (bicyclic) bond motifs is 1. The number of ether oxygens (including phenoxy) is 2. The number of benzene rings is 2. The number of carbonyl (C=O) groups excluding carboxylic acids is 1. The third kappa shape index (κ3) is 4.61. The molecule has 0 fully saturated rings. The lowest BCUT2D eigenvalue weighted by atomic mass is 9.85. The molecule has 1 aliphatic heterocycles. The van der Waals surface area contributed by atoms with Gasteiger partial charge in [0.15, 0.2) is 5.78 Å². The molecule has 192 valence electrons. The summed E-state index contributed by atoms with van der Waals surface area (Å²) in [6.45, 7) is 16.8. The van der Waals surface area contributed by atoms with Crippen molar-refractivity contribution in [3.8, 4) is 16.9 Å². The molecule has 0 saturated heterocycles. The maximum absolute atomic E-state index is 13.1. The van der Waals surface area contributed by atoms with E-state index in [-0.39, 0.29) is 11.2 Å². The summed E-state index contributed by atoms with van der Waals surface area (Å²) in [5, 5.41) is 2.03. The minimum absolute atomic E-state index is 0.0306. The fourth-order valence-corrected chi connectivity index (χ4v) is 5.27. The van der Waals surface area contributed by atoms with Gasteiger partial charge in [-0.15, -0.1) is 0 Å². The van der Waals surface area contributed by atoms with Crippen LogP contribution in [0.4, 0.5) is 0 Å². The van der Waals surface area contributed by atoms with E-state index in [0.717, 1.165) is 61.9 Å². The third-order valence-electron chi connectivity index (χ3n) is 6.95. The first kappa shape index (κ1) is 25.3. The van der Waals surface area contributed by atoms with Gasteiger partial charge in [-0.2, -0.15) is 0 Å². The number of ketones is 1. The van der Waals surface area contributed by atoms with E-state index >= 15 is 0 Å². The van der Waals surface area contributed by atoms with Crippen molar-refractivity contribution < 1.29 is 14.3 Å². The standard InChI is InChI=1S/C32H36N2O3/c1-18-17-23-21(10-12-25(34-23)31(3,4)5)28(26(18)30(19(2)35)37-32(6,7)8)22-9-11-24-27-20(14-16-36-24)13-15-33-29(22)27/h9-13,15,17,30H,14,16H2,1-8H3/t30-/m1/s1. The molecule has 2 aromatic heterocycles. The van der Waals surface area contributed by atoms with Crippen molar-refractivity contribution in [3.63, 3.8) is 0 Å². The zero-order valence-corrected chi connectivity index (χ0v) is 23.2. The fraction of sp³-hybridized carbons (Fsp3) is 0.406. The monoisotopic (exact) mass is 496 g/mol. The van der Waals surface area contributed by atoms with Crippen molar-refractivity contribution in [2.24, 2.45) is 0 Å². The van der Waals surface area contributed by atoms with Crippen molar-refractivity contribution >= 4 is 27.6 Å². The number of carbonyl (C=O) groups is 1. The Morgan fingerprint density at radius 3 is 2.49 bits per heavy atom. The summed E-state index contributed by atoms with van der Waals surface area (Å²) >= 11 is 0. The Hall–Kier alpha value is -3.31. The van der Waals surface area contributed by atoms with Crippen LogP contribution < -0.4 is 4.74 Å². The molecule has 0 amide bonds. The molecule has 37 heavy (non-hydrogen) atoms.